The summed E-state index contributed by atoms with van der Waals surface area (Å²) < 4.78 is 20.8. The summed E-state index contributed by atoms with van der Waals surface area (Å²) in [6.45, 7) is 14.3. The van der Waals surface area contributed by atoms with Gasteiger partial charge in [0.25, 0.3) is 0 Å². The molecule has 0 bridgehead atoms. The van der Waals surface area contributed by atoms with Crippen molar-refractivity contribution >= 4 is 19.9 Å². The number of aromatic nitrogens is 2. The largest absolute Gasteiger partial charge is 0.496 e. The molecule has 1 aromatic heterocycles. The van der Waals surface area contributed by atoms with E-state index >= 15 is 0 Å². The SMILES string of the molecule is COc1cc([C@@H](O[Si](C)(C)C(C)(C)C)[C@@H](CCCc2ccccc2)Cn2cc(CCl)cn2)cc(OC)c1C. The molecule has 7 heteroatoms. The van der Waals surface area contributed by atoms with E-state index in [0.29, 0.717) is 5.88 Å². The first-order chi connectivity index (χ1) is 18.0. The third kappa shape index (κ3) is 7.64. The first-order valence-electron chi connectivity index (χ1n) is 13.5. The molecule has 0 saturated heterocycles. The van der Waals surface area contributed by atoms with E-state index in [0.717, 1.165) is 54.0 Å². The summed E-state index contributed by atoms with van der Waals surface area (Å²) in [5.74, 6) is 2.27. The number of hydrogen-bond donors (Lipinski definition) is 0. The zero-order chi connectivity index (χ0) is 27.9. The normalized spacial score (nSPS) is 13.8. The third-order valence-corrected chi connectivity index (χ3v) is 12.7. The molecule has 3 rings (SSSR count). The number of aryl methyl sites for hydroxylation is 1. The number of ether oxygens (including phenoxy) is 2. The number of nitrogens with zero attached hydrogens (tertiary/aromatic N) is 2. The standard InChI is InChI=1S/C31H45ClN2O3Si/c1-23-28(35-5)17-27(18-29(23)36-6)30(37-38(7,8)31(2,3)4)26(22-34-21-25(19-32)20-33-34)16-12-15-24-13-10-9-11-14-24/h9-11,13-14,17-18,20-21,26,30H,12,15-16,19,22H2,1-8H3/t26-,30-/m0/s1. The molecule has 0 unspecified atom stereocenters. The minimum Gasteiger partial charge on any atom is -0.496 e. The van der Waals surface area contributed by atoms with Crippen molar-refractivity contribution in [1.29, 1.82) is 0 Å². The van der Waals surface area contributed by atoms with E-state index in [1.807, 2.05) is 17.8 Å². The van der Waals surface area contributed by atoms with E-state index in [2.05, 4.69) is 87.6 Å². The summed E-state index contributed by atoms with van der Waals surface area (Å²) in [7, 11) is 1.29. The van der Waals surface area contributed by atoms with Crippen LogP contribution in [0.2, 0.25) is 18.1 Å². The minimum absolute atomic E-state index is 0.0657. The van der Waals surface area contributed by atoms with Gasteiger partial charge >= 0.3 is 0 Å². The van der Waals surface area contributed by atoms with Crippen LogP contribution in [-0.4, -0.2) is 32.3 Å². The molecule has 2 aromatic carbocycles. The van der Waals surface area contributed by atoms with Crippen LogP contribution < -0.4 is 9.47 Å². The van der Waals surface area contributed by atoms with Crippen molar-refractivity contribution in [2.24, 2.45) is 5.92 Å². The Hall–Kier alpha value is -2.28. The van der Waals surface area contributed by atoms with Crippen LogP contribution in [0.15, 0.2) is 54.9 Å². The van der Waals surface area contributed by atoms with Crippen molar-refractivity contribution in [3.8, 4) is 11.5 Å². The molecule has 0 aliphatic rings. The molecule has 0 saturated carbocycles. The summed E-state index contributed by atoms with van der Waals surface area (Å²) in [5, 5.41) is 4.70. The Kier molecular flexibility index (Phi) is 10.5. The predicted molar refractivity (Wildman–Crippen MR) is 160 cm³/mol. The number of halogens is 1. The highest BCUT2D eigenvalue weighted by molar-refractivity contribution is 6.74. The van der Waals surface area contributed by atoms with Gasteiger partial charge in [0, 0.05) is 29.8 Å². The molecule has 1 heterocycles. The van der Waals surface area contributed by atoms with E-state index in [-0.39, 0.29) is 17.1 Å². The zero-order valence-electron chi connectivity index (χ0n) is 24.4. The van der Waals surface area contributed by atoms with Gasteiger partial charge in [0.15, 0.2) is 8.32 Å². The molecule has 0 fully saturated rings. The fraction of sp³-hybridized carbons (Fsp3) is 0.516. The summed E-state index contributed by atoms with van der Waals surface area (Å²) in [6, 6.07) is 15.0. The van der Waals surface area contributed by atoms with Gasteiger partial charge in [-0.05, 0) is 67.6 Å². The average molecular weight is 557 g/mol. The monoisotopic (exact) mass is 556 g/mol. The Balaban J connectivity index is 2.05. The van der Waals surface area contributed by atoms with Crippen molar-refractivity contribution < 1.29 is 13.9 Å². The molecule has 0 aliphatic carbocycles. The number of hydrogen-bond acceptors (Lipinski definition) is 4. The van der Waals surface area contributed by atoms with Crippen LogP contribution in [0.25, 0.3) is 0 Å². The van der Waals surface area contributed by atoms with Gasteiger partial charge in [-0.1, -0.05) is 51.1 Å². The molecule has 0 aliphatic heterocycles. The lowest BCUT2D eigenvalue weighted by molar-refractivity contribution is 0.0970. The van der Waals surface area contributed by atoms with Crippen LogP contribution >= 0.6 is 11.6 Å². The molecule has 38 heavy (non-hydrogen) atoms. The maximum Gasteiger partial charge on any atom is 0.192 e. The average Bonchev–Trinajstić information content (AvgIpc) is 3.34. The quantitative estimate of drug-likeness (QED) is 0.157. The molecule has 0 spiro atoms. The van der Waals surface area contributed by atoms with Crippen molar-refractivity contribution in [1.82, 2.24) is 9.78 Å². The van der Waals surface area contributed by atoms with Crippen LogP contribution in [-0.2, 0) is 23.3 Å². The van der Waals surface area contributed by atoms with Gasteiger partial charge in [-0.15, -0.1) is 11.6 Å². The van der Waals surface area contributed by atoms with Crippen LogP contribution in [0, 0.1) is 12.8 Å². The molecule has 5 nitrogen and oxygen atoms in total. The minimum atomic E-state index is -2.14. The Morgan fingerprint density at radius 3 is 2.16 bits per heavy atom. The molecule has 2 atom stereocenters. The van der Waals surface area contributed by atoms with E-state index in [1.165, 1.54) is 5.56 Å². The highest BCUT2D eigenvalue weighted by atomic mass is 35.5. The number of rotatable bonds is 13. The molecular formula is C31H45ClN2O3Si. The lowest BCUT2D eigenvalue weighted by Crippen LogP contribution is -2.43. The Morgan fingerprint density at radius 1 is 1.00 bits per heavy atom. The van der Waals surface area contributed by atoms with Crippen molar-refractivity contribution in [3.63, 3.8) is 0 Å². The van der Waals surface area contributed by atoms with Gasteiger partial charge in [-0.25, -0.2) is 0 Å². The van der Waals surface area contributed by atoms with E-state index < -0.39 is 8.32 Å². The molecule has 0 radical (unpaired) electrons. The highest BCUT2D eigenvalue weighted by Gasteiger charge is 2.41. The van der Waals surface area contributed by atoms with Gasteiger partial charge in [0.05, 0.1) is 32.4 Å². The Labute approximate surface area is 235 Å². The first kappa shape index (κ1) is 30.3. The number of methoxy groups -OCH3 is 2. The summed E-state index contributed by atoms with van der Waals surface area (Å²) in [5.41, 5.74) is 4.46. The predicted octanol–water partition coefficient (Wildman–Crippen LogP) is 8.35. The maximum absolute atomic E-state index is 7.26. The van der Waals surface area contributed by atoms with Gasteiger partial charge in [-0.2, -0.15) is 5.10 Å². The number of benzene rings is 2. The summed E-state index contributed by atoms with van der Waals surface area (Å²) >= 11 is 6.11. The highest BCUT2D eigenvalue weighted by Crippen LogP contribution is 2.45. The fourth-order valence-electron chi connectivity index (χ4n) is 4.57. The van der Waals surface area contributed by atoms with Crippen LogP contribution in [0.3, 0.4) is 0 Å². The Morgan fingerprint density at radius 2 is 1.63 bits per heavy atom. The van der Waals surface area contributed by atoms with Crippen molar-refractivity contribution in [2.45, 2.75) is 83.6 Å². The maximum atomic E-state index is 7.26. The second-order valence-corrected chi connectivity index (χ2v) is 16.7. The van der Waals surface area contributed by atoms with Crippen LogP contribution in [0.4, 0.5) is 0 Å². The van der Waals surface area contributed by atoms with E-state index in [9.17, 15) is 0 Å². The van der Waals surface area contributed by atoms with Crippen molar-refractivity contribution in [3.05, 3.63) is 77.1 Å². The van der Waals surface area contributed by atoms with Gasteiger partial charge < -0.3 is 13.9 Å². The topological polar surface area (TPSA) is 45.5 Å². The van der Waals surface area contributed by atoms with E-state index in [4.69, 9.17) is 25.5 Å². The van der Waals surface area contributed by atoms with Crippen LogP contribution in [0.1, 0.15) is 62.0 Å². The second-order valence-electron chi connectivity index (χ2n) is 11.7. The zero-order valence-corrected chi connectivity index (χ0v) is 26.1. The third-order valence-electron chi connectivity index (χ3n) is 7.90. The summed E-state index contributed by atoms with van der Waals surface area (Å²) in [6.07, 6.45) is 6.83. The first-order valence-corrected chi connectivity index (χ1v) is 16.9. The fourth-order valence-corrected chi connectivity index (χ4v) is 6.02. The van der Waals surface area contributed by atoms with Crippen molar-refractivity contribution in [2.75, 3.05) is 14.2 Å². The molecule has 3 aromatic rings. The van der Waals surface area contributed by atoms with Gasteiger partial charge in [0.2, 0.25) is 0 Å². The lowest BCUT2D eigenvalue weighted by Gasteiger charge is -2.42. The van der Waals surface area contributed by atoms with E-state index in [1.54, 1.807) is 14.2 Å². The van der Waals surface area contributed by atoms with Crippen LogP contribution in [0.5, 0.6) is 11.5 Å². The second kappa shape index (κ2) is 13.2. The Bertz CT molecular complexity index is 1130. The smallest absolute Gasteiger partial charge is 0.192 e. The summed E-state index contributed by atoms with van der Waals surface area (Å²) in [4.78, 5) is 0. The molecule has 0 N–H and O–H groups in total. The molecule has 208 valence electrons. The molecular weight excluding hydrogens is 512 g/mol. The van der Waals surface area contributed by atoms with Gasteiger partial charge in [-0.3, -0.25) is 4.68 Å². The molecule has 0 amide bonds. The lowest BCUT2D eigenvalue weighted by atomic mass is 9.89. The van der Waals surface area contributed by atoms with Gasteiger partial charge in [0.1, 0.15) is 11.5 Å². The number of alkyl halides is 1.